The lowest BCUT2D eigenvalue weighted by atomic mass is 10.0. The molecule has 102 valence electrons. The van der Waals surface area contributed by atoms with Crippen molar-refractivity contribution in [2.24, 2.45) is 5.92 Å². The highest BCUT2D eigenvalue weighted by molar-refractivity contribution is 6.76. The zero-order chi connectivity index (χ0) is 13.6. The second kappa shape index (κ2) is 7.05. The molecule has 0 heterocycles. The molecule has 3 heteroatoms. The van der Waals surface area contributed by atoms with Crippen LogP contribution in [0.4, 0.5) is 4.39 Å². The number of nitrogens with one attached hydrogen (secondary N) is 1. The average molecular weight is 267 g/mol. The summed E-state index contributed by atoms with van der Waals surface area (Å²) in [6, 6.07) is 8.32. The van der Waals surface area contributed by atoms with E-state index in [0.29, 0.717) is 5.92 Å². The molecule has 0 aliphatic carbocycles. The topological polar surface area (TPSA) is 12.0 Å². The summed E-state index contributed by atoms with van der Waals surface area (Å²) >= 11 is 0. The van der Waals surface area contributed by atoms with Gasteiger partial charge >= 0.3 is 0 Å². The van der Waals surface area contributed by atoms with Gasteiger partial charge in [-0.05, 0) is 43.1 Å². The van der Waals surface area contributed by atoms with E-state index in [1.807, 2.05) is 12.1 Å². The van der Waals surface area contributed by atoms with Gasteiger partial charge in [0.1, 0.15) is 5.82 Å². The SMILES string of the molecule is CCNCC(Cc1cccc(F)c1)C[Si](C)(C)C. The molecule has 0 aliphatic heterocycles. The first-order valence-corrected chi connectivity index (χ1v) is 10.6. The zero-order valence-electron chi connectivity index (χ0n) is 12.1. The average Bonchev–Trinajstić information content (AvgIpc) is 2.24. The molecule has 1 aromatic carbocycles. The van der Waals surface area contributed by atoms with Gasteiger partial charge in [0.05, 0.1) is 0 Å². The fourth-order valence-corrected chi connectivity index (χ4v) is 4.45. The van der Waals surface area contributed by atoms with E-state index < -0.39 is 8.07 Å². The van der Waals surface area contributed by atoms with Crippen LogP contribution >= 0.6 is 0 Å². The van der Waals surface area contributed by atoms with E-state index in [0.717, 1.165) is 25.1 Å². The smallest absolute Gasteiger partial charge is 0.123 e. The van der Waals surface area contributed by atoms with Crippen LogP contribution in [-0.2, 0) is 6.42 Å². The summed E-state index contributed by atoms with van der Waals surface area (Å²) in [7, 11) is -1.07. The first-order valence-electron chi connectivity index (χ1n) is 6.86. The molecule has 0 saturated carbocycles. The monoisotopic (exact) mass is 267 g/mol. The molecule has 1 rings (SSSR count). The lowest BCUT2D eigenvalue weighted by Gasteiger charge is -2.25. The molecule has 0 fully saturated rings. The molecule has 0 aromatic heterocycles. The van der Waals surface area contributed by atoms with Gasteiger partial charge in [0.15, 0.2) is 0 Å². The molecule has 0 aliphatic rings. The molecule has 1 aromatic rings. The molecule has 1 nitrogen and oxygen atoms in total. The molecule has 1 unspecified atom stereocenters. The van der Waals surface area contributed by atoms with Gasteiger partial charge in [-0.25, -0.2) is 4.39 Å². The van der Waals surface area contributed by atoms with Gasteiger partial charge < -0.3 is 5.32 Å². The number of halogens is 1. The van der Waals surface area contributed by atoms with Gasteiger partial charge in [-0.2, -0.15) is 0 Å². The van der Waals surface area contributed by atoms with Gasteiger partial charge in [0.25, 0.3) is 0 Å². The van der Waals surface area contributed by atoms with Gasteiger partial charge in [0.2, 0.25) is 0 Å². The number of hydrogen-bond acceptors (Lipinski definition) is 1. The number of rotatable bonds is 7. The van der Waals surface area contributed by atoms with Crippen LogP contribution in [0.1, 0.15) is 12.5 Å². The second-order valence-electron chi connectivity index (χ2n) is 6.27. The summed E-state index contributed by atoms with van der Waals surface area (Å²) in [6.45, 7) is 11.4. The summed E-state index contributed by atoms with van der Waals surface area (Å²) < 4.78 is 13.2. The third-order valence-corrected chi connectivity index (χ3v) is 4.80. The first-order chi connectivity index (χ1) is 8.40. The fourth-order valence-electron chi connectivity index (χ4n) is 2.43. The van der Waals surface area contributed by atoms with Crippen molar-refractivity contribution >= 4 is 8.07 Å². The third-order valence-electron chi connectivity index (χ3n) is 3.00. The quantitative estimate of drug-likeness (QED) is 0.738. The van der Waals surface area contributed by atoms with E-state index in [1.165, 1.54) is 12.1 Å². The van der Waals surface area contributed by atoms with E-state index >= 15 is 0 Å². The first kappa shape index (κ1) is 15.4. The minimum atomic E-state index is -1.07. The molecule has 0 amide bonds. The lowest BCUT2D eigenvalue weighted by molar-refractivity contribution is 0.513. The maximum atomic E-state index is 13.2. The van der Waals surface area contributed by atoms with Gasteiger partial charge in [-0.15, -0.1) is 0 Å². The summed E-state index contributed by atoms with van der Waals surface area (Å²) in [5.41, 5.74) is 1.12. The van der Waals surface area contributed by atoms with Crippen molar-refractivity contribution in [3.05, 3.63) is 35.6 Å². The molecule has 18 heavy (non-hydrogen) atoms. The second-order valence-corrected chi connectivity index (χ2v) is 11.8. The molecular formula is C15H26FNSi. The minimum absolute atomic E-state index is 0.122. The van der Waals surface area contributed by atoms with Crippen molar-refractivity contribution in [3.63, 3.8) is 0 Å². The Bertz CT molecular complexity index is 360. The van der Waals surface area contributed by atoms with Crippen LogP contribution in [-0.4, -0.2) is 21.2 Å². The highest BCUT2D eigenvalue weighted by Crippen LogP contribution is 2.21. The van der Waals surface area contributed by atoms with E-state index in [2.05, 4.69) is 31.9 Å². The van der Waals surface area contributed by atoms with Crippen molar-refractivity contribution in [2.75, 3.05) is 13.1 Å². The van der Waals surface area contributed by atoms with E-state index in [-0.39, 0.29) is 5.82 Å². The summed E-state index contributed by atoms with van der Waals surface area (Å²) in [4.78, 5) is 0. The Morgan fingerprint density at radius 3 is 2.56 bits per heavy atom. The number of benzene rings is 1. The Morgan fingerprint density at radius 1 is 1.28 bits per heavy atom. The van der Waals surface area contributed by atoms with Crippen molar-refractivity contribution in [3.8, 4) is 0 Å². The van der Waals surface area contributed by atoms with E-state index in [9.17, 15) is 4.39 Å². The Morgan fingerprint density at radius 2 is 2.00 bits per heavy atom. The predicted octanol–water partition coefficient (Wildman–Crippen LogP) is 3.93. The maximum Gasteiger partial charge on any atom is 0.123 e. The summed E-state index contributed by atoms with van der Waals surface area (Å²) in [5, 5.41) is 3.43. The van der Waals surface area contributed by atoms with Crippen LogP contribution in [0.3, 0.4) is 0 Å². The van der Waals surface area contributed by atoms with Crippen molar-refractivity contribution in [1.82, 2.24) is 5.32 Å². The predicted molar refractivity (Wildman–Crippen MR) is 80.3 cm³/mol. The molecular weight excluding hydrogens is 241 g/mol. The summed E-state index contributed by atoms with van der Waals surface area (Å²) in [6.07, 6.45) is 0.981. The Kier molecular flexibility index (Phi) is 6.02. The normalized spacial score (nSPS) is 13.6. The number of hydrogen-bond donors (Lipinski definition) is 1. The minimum Gasteiger partial charge on any atom is -0.317 e. The van der Waals surface area contributed by atoms with E-state index in [4.69, 9.17) is 0 Å². The highest BCUT2D eigenvalue weighted by atomic mass is 28.3. The van der Waals surface area contributed by atoms with Crippen molar-refractivity contribution < 1.29 is 4.39 Å². The van der Waals surface area contributed by atoms with Crippen LogP contribution in [0.15, 0.2) is 24.3 Å². The van der Waals surface area contributed by atoms with Crippen LogP contribution < -0.4 is 5.32 Å². The van der Waals surface area contributed by atoms with Crippen molar-refractivity contribution in [2.45, 2.75) is 39.0 Å². The van der Waals surface area contributed by atoms with Gasteiger partial charge in [-0.3, -0.25) is 0 Å². The molecule has 0 spiro atoms. The maximum absolute atomic E-state index is 13.2. The fraction of sp³-hybridized carbons (Fsp3) is 0.600. The Balaban J connectivity index is 2.65. The van der Waals surface area contributed by atoms with Crippen LogP contribution in [0.5, 0.6) is 0 Å². The largest absolute Gasteiger partial charge is 0.317 e. The van der Waals surface area contributed by atoms with Crippen LogP contribution in [0.2, 0.25) is 25.7 Å². The van der Waals surface area contributed by atoms with Crippen LogP contribution in [0.25, 0.3) is 0 Å². The lowest BCUT2D eigenvalue weighted by Crippen LogP contribution is -2.31. The van der Waals surface area contributed by atoms with Crippen molar-refractivity contribution in [1.29, 1.82) is 0 Å². The molecule has 0 saturated heterocycles. The third kappa shape index (κ3) is 6.31. The molecule has 0 bridgehead atoms. The molecule has 1 atom stereocenters. The standard InChI is InChI=1S/C15H26FNSi/c1-5-17-11-14(12-18(2,3)4)9-13-7-6-8-15(16)10-13/h6-8,10,14,17H,5,9,11-12H2,1-4H3. The Labute approximate surface area is 112 Å². The van der Waals surface area contributed by atoms with E-state index in [1.54, 1.807) is 6.07 Å². The van der Waals surface area contributed by atoms with Crippen LogP contribution in [0, 0.1) is 11.7 Å². The van der Waals surface area contributed by atoms with Gasteiger partial charge in [0, 0.05) is 8.07 Å². The zero-order valence-corrected chi connectivity index (χ0v) is 13.1. The Hall–Kier alpha value is -0.673. The highest BCUT2D eigenvalue weighted by Gasteiger charge is 2.20. The summed E-state index contributed by atoms with van der Waals surface area (Å²) in [5.74, 6) is 0.501. The molecule has 1 N–H and O–H groups in total. The van der Waals surface area contributed by atoms with Gasteiger partial charge in [-0.1, -0.05) is 44.7 Å². The molecule has 0 radical (unpaired) electrons.